The zero-order chi connectivity index (χ0) is 20.1. The maximum atomic E-state index is 15.0. The molecule has 0 nitrogen and oxygen atoms in total. The first-order valence-electron chi connectivity index (χ1n) is 11.4. The lowest BCUT2D eigenvalue weighted by molar-refractivity contribution is 0.185. The molecule has 0 aliphatic heterocycles. The van der Waals surface area contributed by atoms with E-state index in [-0.39, 0.29) is 17.0 Å². The van der Waals surface area contributed by atoms with Gasteiger partial charge < -0.3 is 0 Å². The molecule has 0 heterocycles. The van der Waals surface area contributed by atoms with Gasteiger partial charge in [-0.05, 0) is 78.2 Å². The summed E-state index contributed by atoms with van der Waals surface area (Å²) in [6.07, 6.45) is 11.4. The van der Waals surface area contributed by atoms with Crippen LogP contribution in [0.2, 0.25) is 0 Å². The molecule has 0 amide bonds. The Hall–Kier alpha value is -1.77. The van der Waals surface area contributed by atoms with Crippen molar-refractivity contribution in [1.29, 1.82) is 0 Å². The molecule has 3 heteroatoms. The maximum Gasteiger partial charge on any atom is 0.167 e. The number of hydrogen-bond acceptors (Lipinski definition) is 0. The second kappa shape index (κ2) is 7.49. The summed E-state index contributed by atoms with van der Waals surface area (Å²) in [6.45, 7) is 1.87. The Morgan fingerprint density at radius 2 is 1.38 bits per heavy atom. The predicted octanol–water partition coefficient (Wildman–Crippen LogP) is 8.17. The average molecular weight is 399 g/mol. The van der Waals surface area contributed by atoms with Crippen molar-refractivity contribution in [2.45, 2.75) is 77.0 Å². The van der Waals surface area contributed by atoms with Gasteiger partial charge in [-0.2, -0.15) is 0 Å². The standard InChI is InChI=1S/C26H29F3/c1-2-15-12-13-19-21-14-20(25(28)26(29)23(21)22(19)24(15)27)18-10-8-17(9-11-18)16-6-4-3-5-7-16/h12-14,16-18H,2-11H2,1H3. The smallest absolute Gasteiger partial charge is 0.167 e. The van der Waals surface area contributed by atoms with Gasteiger partial charge in [0.05, 0.1) is 0 Å². The second-order valence-electron chi connectivity index (χ2n) is 9.34. The molecule has 0 atom stereocenters. The van der Waals surface area contributed by atoms with Crippen molar-refractivity contribution in [2.75, 3.05) is 0 Å². The summed E-state index contributed by atoms with van der Waals surface area (Å²) in [5.41, 5.74) is 2.89. The van der Waals surface area contributed by atoms with Crippen molar-refractivity contribution < 1.29 is 13.2 Å². The number of benzene rings is 2. The topological polar surface area (TPSA) is 0 Å². The molecule has 2 saturated carbocycles. The Kier molecular flexibility index (Phi) is 4.96. The third kappa shape index (κ3) is 3.04. The van der Waals surface area contributed by atoms with Gasteiger partial charge in [-0.25, -0.2) is 13.2 Å². The van der Waals surface area contributed by atoms with Crippen molar-refractivity contribution >= 4 is 0 Å². The van der Waals surface area contributed by atoms with E-state index in [0.717, 1.165) is 43.1 Å². The average Bonchev–Trinajstić information content (AvgIpc) is 2.75. The molecule has 154 valence electrons. The summed E-state index contributed by atoms with van der Waals surface area (Å²) in [5.74, 6) is -0.322. The first-order chi connectivity index (χ1) is 14.1. The zero-order valence-corrected chi connectivity index (χ0v) is 17.2. The Morgan fingerprint density at radius 1 is 0.724 bits per heavy atom. The molecule has 0 bridgehead atoms. The highest BCUT2D eigenvalue weighted by atomic mass is 19.2. The van der Waals surface area contributed by atoms with Crippen LogP contribution in [0, 0.1) is 29.3 Å². The van der Waals surface area contributed by atoms with Crippen molar-refractivity contribution in [2.24, 2.45) is 11.8 Å². The molecule has 0 radical (unpaired) electrons. The number of fused-ring (bicyclic) bond motifs is 4. The molecule has 5 rings (SSSR count). The first-order valence-corrected chi connectivity index (χ1v) is 11.4. The van der Waals surface area contributed by atoms with Crippen LogP contribution in [-0.4, -0.2) is 0 Å². The summed E-state index contributed by atoms with van der Waals surface area (Å²) < 4.78 is 44.7. The van der Waals surface area contributed by atoms with E-state index in [1.165, 1.54) is 32.1 Å². The molecule has 3 aliphatic carbocycles. The van der Waals surface area contributed by atoms with Gasteiger partial charge in [0, 0.05) is 11.1 Å². The summed E-state index contributed by atoms with van der Waals surface area (Å²) in [7, 11) is 0. The Bertz CT molecular complexity index is 932. The van der Waals surface area contributed by atoms with Crippen LogP contribution in [0.25, 0.3) is 22.3 Å². The van der Waals surface area contributed by atoms with Gasteiger partial charge >= 0.3 is 0 Å². The second-order valence-corrected chi connectivity index (χ2v) is 9.34. The fourth-order valence-corrected chi connectivity index (χ4v) is 6.21. The molecule has 0 aromatic heterocycles. The van der Waals surface area contributed by atoms with E-state index < -0.39 is 17.5 Å². The number of aryl methyl sites for hydroxylation is 1. The minimum absolute atomic E-state index is 0.0819. The third-order valence-corrected chi connectivity index (χ3v) is 7.91. The van der Waals surface area contributed by atoms with E-state index in [9.17, 15) is 8.78 Å². The predicted molar refractivity (Wildman–Crippen MR) is 111 cm³/mol. The Labute approximate surface area is 171 Å². The van der Waals surface area contributed by atoms with Crippen LogP contribution in [0.4, 0.5) is 13.2 Å². The zero-order valence-electron chi connectivity index (χ0n) is 17.2. The quantitative estimate of drug-likeness (QED) is 0.417. The highest BCUT2D eigenvalue weighted by Crippen LogP contribution is 2.53. The minimum atomic E-state index is -0.855. The monoisotopic (exact) mass is 398 g/mol. The van der Waals surface area contributed by atoms with Crippen LogP contribution >= 0.6 is 0 Å². The van der Waals surface area contributed by atoms with E-state index in [1.54, 1.807) is 6.07 Å². The molecule has 2 aromatic carbocycles. The molecule has 0 saturated heterocycles. The largest absolute Gasteiger partial charge is 0.206 e. The summed E-state index contributed by atoms with van der Waals surface area (Å²) in [6, 6.07) is 5.45. The number of rotatable bonds is 3. The molecular formula is C26H29F3. The van der Waals surface area contributed by atoms with Gasteiger partial charge in [0.25, 0.3) is 0 Å². The summed E-state index contributed by atoms with van der Waals surface area (Å²) in [4.78, 5) is 0. The van der Waals surface area contributed by atoms with Crippen LogP contribution in [0.1, 0.15) is 81.8 Å². The lowest BCUT2D eigenvalue weighted by atomic mass is 9.69. The van der Waals surface area contributed by atoms with Crippen LogP contribution in [0.3, 0.4) is 0 Å². The van der Waals surface area contributed by atoms with Crippen molar-refractivity contribution in [3.05, 3.63) is 46.8 Å². The fourth-order valence-electron chi connectivity index (χ4n) is 6.21. The van der Waals surface area contributed by atoms with Crippen LogP contribution in [0.15, 0.2) is 18.2 Å². The SMILES string of the molecule is CCc1ccc2c(c1F)-c1c-2cc(C2CCC(C3CCCCC3)CC2)c(F)c1F. The molecule has 0 N–H and O–H groups in total. The van der Waals surface area contributed by atoms with Gasteiger partial charge in [-0.15, -0.1) is 0 Å². The Balaban J connectivity index is 1.40. The Morgan fingerprint density at radius 3 is 2.07 bits per heavy atom. The van der Waals surface area contributed by atoms with Crippen molar-refractivity contribution in [3.63, 3.8) is 0 Å². The van der Waals surface area contributed by atoms with E-state index >= 15 is 4.39 Å². The lowest BCUT2D eigenvalue weighted by Gasteiger charge is -2.36. The minimum Gasteiger partial charge on any atom is -0.206 e. The van der Waals surface area contributed by atoms with E-state index in [0.29, 0.717) is 23.1 Å². The van der Waals surface area contributed by atoms with Gasteiger partial charge in [0.1, 0.15) is 5.82 Å². The molecule has 2 aromatic rings. The van der Waals surface area contributed by atoms with Crippen molar-refractivity contribution in [1.82, 2.24) is 0 Å². The van der Waals surface area contributed by atoms with E-state index in [1.807, 2.05) is 19.1 Å². The normalized spacial score (nSPS) is 24.0. The van der Waals surface area contributed by atoms with Crippen LogP contribution in [-0.2, 0) is 6.42 Å². The highest BCUT2D eigenvalue weighted by molar-refractivity contribution is 6.03. The number of hydrogen-bond donors (Lipinski definition) is 0. The lowest BCUT2D eigenvalue weighted by Crippen LogP contribution is -2.23. The van der Waals surface area contributed by atoms with Gasteiger partial charge in [0.2, 0.25) is 0 Å². The fraction of sp³-hybridized carbons (Fsp3) is 0.538. The highest BCUT2D eigenvalue weighted by Gasteiger charge is 2.36. The maximum absolute atomic E-state index is 15.0. The molecule has 3 aliphatic rings. The van der Waals surface area contributed by atoms with Gasteiger partial charge in [-0.3, -0.25) is 0 Å². The van der Waals surface area contributed by atoms with Gasteiger partial charge in [-0.1, -0.05) is 51.2 Å². The van der Waals surface area contributed by atoms with Crippen molar-refractivity contribution in [3.8, 4) is 22.3 Å². The third-order valence-electron chi connectivity index (χ3n) is 7.91. The summed E-state index contributed by atoms with van der Waals surface area (Å²) in [5, 5.41) is 0. The van der Waals surface area contributed by atoms with E-state index in [2.05, 4.69) is 0 Å². The van der Waals surface area contributed by atoms with Gasteiger partial charge in [0.15, 0.2) is 11.6 Å². The molecule has 2 fully saturated rings. The molecule has 29 heavy (non-hydrogen) atoms. The molecule has 0 unspecified atom stereocenters. The van der Waals surface area contributed by atoms with Crippen LogP contribution < -0.4 is 0 Å². The van der Waals surface area contributed by atoms with Crippen LogP contribution in [0.5, 0.6) is 0 Å². The first kappa shape index (κ1) is 19.2. The summed E-state index contributed by atoms with van der Waals surface area (Å²) >= 11 is 0. The van der Waals surface area contributed by atoms with E-state index in [4.69, 9.17) is 0 Å². The molecule has 0 spiro atoms. The number of halogens is 3. The molecular weight excluding hydrogens is 369 g/mol.